The molecule has 0 N–H and O–H groups in total. The molecule has 0 unspecified atom stereocenters. The van der Waals surface area contributed by atoms with E-state index in [1.54, 1.807) is 12.1 Å². The molecule has 0 saturated carbocycles. The minimum atomic E-state index is -0.433. The molecule has 0 aliphatic heterocycles. The molecule has 1 heterocycles. The van der Waals surface area contributed by atoms with Crippen LogP contribution in [0.3, 0.4) is 0 Å². The van der Waals surface area contributed by atoms with Gasteiger partial charge in [-0.05, 0) is 15.9 Å². The van der Waals surface area contributed by atoms with Crippen molar-refractivity contribution in [1.29, 1.82) is 0 Å². The van der Waals surface area contributed by atoms with E-state index in [1.807, 2.05) is 0 Å². The Morgan fingerprint density at radius 1 is 1.40 bits per heavy atom. The maximum atomic E-state index is 10.6. The van der Waals surface area contributed by atoms with E-state index >= 15 is 0 Å². The Labute approximate surface area is 97.4 Å². The molecule has 7 heteroatoms. The van der Waals surface area contributed by atoms with Crippen molar-refractivity contribution in [1.82, 2.24) is 8.75 Å². The van der Waals surface area contributed by atoms with Crippen molar-refractivity contribution in [3.05, 3.63) is 39.0 Å². The zero-order valence-electron chi connectivity index (χ0n) is 7.25. The largest absolute Gasteiger partial charge is 0.270 e. The molecule has 0 aliphatic rings. The van der Waals surface area contributed by atoms with Crippen LogP contribution in [0.25, 0.3) is 11.3 Å². The molecule has 0 atom stereocenters. The fourth-order valence-corrected chi connectivity index (χ4v) is 2.22. The number of nitrogens with zero attached hydrogens (tertiary/aromatic N) is 3. The summed E-state index contributed by atoms with van der Waals surface area (Å²) in [5.74, 6) is 0. The van der Waals surface area contributed by atoms with Crippen molar-refractivity contribution in [2.45, 2.75) is 0 Å². The van der Waals surface area contributed by atoms with Crippen LogP contribution >= 0.6 is 27.7 Å². The van der Waals surface area contributed by atoms with E-state index in [9.17, 15) is 10.1 Å². The Balaban J connectivity index is 2.50. The van der Waals surface area contributed by atoms with Crippen molar-refractivity contribution in [3.63, 3.8) is 0 Å². The number of rotatable bonds is 2. The van der Waals surface area contributed by atoms with Gasteiger partial charge in [0.15, 0.2) is 0 Å². The molecule has 0 amide bonds. The van der Waals surface area contributed by atoms with Gasteiger partial charge < -0.3 is 0 Å². The minimum Gasteiger partial charge on any atom is -0.258 e. The lowest BCUT2D eigenvalue weighted by atomic mass is 10.1. The summed E-state index contributed by atoms with van der Waals surface area (Å²) in [6.45, 7) is 0. The van der Waals surface area contributed by atoms with Crippen molar-refractivity contribution in [2.75, 3.05) is 0 Å². The first kappa shape index (κ1) is 10.2. The molecule has 0 bridgehead atoms. The molecule has 2 rings (SSSR count). The van der Waals surface area contributed by atoms with Gasteiger partial charge in [-0.25, -0.2) is 0 Å². The van der Waals surface area contributed by atoms with Crippen LogP contribution in [0.15, 0.2) is 28.9 Å². The van der Waals surface area contributed by atoms with E-state index in [2.05, 4.69) is 24.7 Å². The van der Waals surface area contributed by atoms with Crippen LogP contribution in [0, 0.1) is 10.1 Å². The fraction of sp³-hybridized carbons (Fsp3) is 0. The van der Waals surface area contributed by atoms with Gasteiger partial charge in [0.05, 0.1) is 16.7 Å². The molecular weight excluding hydrogens is 282 g/mol. The quantitative estimate of drug-likeness (QED) is 0.628. The van der Waals surface area contributed by atoms with Gasteiger partial charge in [0.25, 0.3) is 5.69 Å². The summed E-state index contributed by atoms with van der Waals surface area (Å²) in [7, 11) is 0. The molecule has 0 spiro atoms. The number of halogens is 1. The van der Waals surface area contributed by atoms with Crippen LogP contribution in [-0.4, -0.2) is 13.7 Å². The number of non-ortho nitro benzene ring substituents is 1. The van der Waals surface area contributed by atoms with Crippen LogP contribution in [-0.2, 0) is 0 Å². The summed E-state index contributed by atoms with van der Waals surface area (Å²) < 4.78 is 8.60. The van der Waals surface area contributed by atoms with E-state index in [-0.39, 0.29) is 5.69 Å². The van der Waals surface area contributed by atoms with Crippen molar-refractivity contribution in [3.8, 4) is 11.3 Å². The number of aromatic nitrogens is 2. The lowest BCUT2D eigenvalue weighted by Crippen LogP contribution is -1.88. The topological polar surface area (TPSA) is 68.9 Å². The summed E-state index contributed by atoms with van der Waals surface area (Å²) >= 11 is 4.29. The third-order valence-corrected chi connectivity index (χ3v) is 3.09. The Morgan fingerprint density at radius 2 is 2.20 bits per heavy atom. The Bertz CT molecular complexity index is 514. The van der Waals surface area contributed by atoms with Gasteiger partial charge in [-0.1, -0.05) is 12.1 Å². The van der Waals surface area contributed by atoms with Gasteiger partial charge in [0.1, 0.15) is 10.3 Å². The summed E-state index contributed by atoms with van der Waals surface area (Å²) in [4.78, 5) is 10.1. The minimum absolute atomic E-state index is 0.0485. The van der Waals surface area contributed by atoms with Crippen LogP contribution < -0.4 is 0 Å². The first-order chi connectivity index (χ1) is 7.18. The number of nitro benzene ring substituents is 1. The Morgan fingerprint density at radius 3 is 2.80 bits per heavy atom. The van der Waals surface area contributed by atoms with E-state index < -0.39 is 4.92 Å². The van der Waals surface area contributed by atoms with Gasteiger partial charge in [0.2, 0.25) is 0 Å². The van der Waals surface area contributed by atoms with Crippen molar-refractivity contribution >= 4 is 33.3 Å². The predicted octanol–water partition coefficient (Wildman–Crippen LogP) is 2.88. The molecule has 0 fully saturated rings. The summed E-state index contributed by atoms with van der Waals surface area (Å²) in [6, 6.07) is 6.30. The average molecular weight is 286 g/mol. The predicted molar refractivity (Wildman–Crippen MR) is 59.7 cm³/mol. The second kappa shape index (κ2) is 4.03. The number of hydrogen-bond acceptors (Lipinski definition) is 5. The van der Waals surface area contributed by atoms with E-state index in [4.69, 9.17) is 0 Å². The molecule has 1 aromatic carbocycles. The Hall–Kier alpha value is -1.34. The van der Waals surface area contributed by atoms with Crippen molar-refractivity contribution < 1.29 is 4.92 Å². The van der Waals surface area contributed by atoms with Crippen LogP contribution in [0.1, 0.15) is 0 Å². The number of benzene rings is 1. The molecule has 15 heavy (non-hydrogen) atoms. The van der Waals surface area contributed by atoms with E-state index in [1.165, 1.54) is 12.1 Å². The first-order valence-electron chi connectivity index (χ1n) is 3.91. The zero-order chi connectivity index (χ0) is 10.8. The normalized spacial score (nSPS) is 10.2. The zero-order valence-corrected chi connectivity index (χ0v) is 9.66. The lowest BCUT2D eigenvalue weighted by Gasteiger charge is -1.96. The van der Waals surface area contributed by atoms with Gasteiger partial charge >= 0.3 is 0 Å². The molecule has 0 saturated heterocycles. The maximum absolute atomic E-state index is 10.6. The van der Waals surface area contributed by atoms with Crippen LogP contribution in [0.5, 0.6) is 0 Å². The second-order valence-electron chi connectivity index (χ2n) is 2.71. The number of nitro groups is 1. The summed E-state index contributed by atoms with van der Waals surface area (Å²) in [5, 5.41) is 10.6. The lowest BCUT2D eigenvalue weighted by molar-refractivity contribution is -0.384. The standard InChI is InChI=1S/C8H4BrN3O2S/c9-8-7(10-15-11-8)5-2-1-3-6(4-5)12(13)14/h1-4H. The fourth-order valence-electron chi connectivity index (χ4n) is 1.12. The van der Waals surface area contributed by atoms with Gasteiger partial charge in [-0.2, -0.15) is 8.75 Å². The average Bonchev–Trinajstić information content (AvgIpc) is 2.64. The maximum Gasteiger partial charge on any atom is 0.270 e. The third-order valence-electron chi connectivity index (χ3n) is 1.78. The van der Waals surface area contributed by atoms with E-state index in [0.29, 0.717) is 15.9 Å². The molecular formula is C8H4BrN3O2S. The molecule has 1 aromatic heterocycles. The molecule has 2 aromatic rings. The van der Waals surface area contributed by atoms with Crippen LogP contribution in [0.4, 0.5) is 5.69 Å². The number of hydrogen-bond donors (Lipinski definition) is 0. The third kappa shape index (κ3) is 2.02. The van der Waals surface area contributed by atoms with Gasteiger partial charge in [0, 0.05) is 17.7 Å². The van der Waals surface area contributed by atoms with E-state index in [0.717, 1.165) is 11.7 Å². The van der Waals surface area contributed by atoms with Gasteiger partial charge in [-0.15, -0.1) is 0 Å². The molecule has 0 radical (unpaired) electrons. The highest BCUT2D eigenvalue weighted by molar-refractivity contribution is 9.10. The first-order valence-corrected chi connectivity index (χ1v) is 5.43. The smallest absolute Gasteiger partial charge is 0.258 e. The highest BCUT2D eigenvalue weighted by atomic mass is 79.9. The molecule has 0 aliphatic carbocycles. The van der Waals surface area contributed by atoms with Crippen LogP contribution in [0.2, 0.25) is 0 Å². The SMILES string of the molecule is O=[N+]([O-])c1cccc(-c2nsnc2Br)c1. The highest BCUT2D eigenvalue weighted by Gasteiger charge is 2.11. The highest BCUT2D eigenvalue weighted by Crippen LogP contribution is 2.28. The monoisotopic (exact) mass is 285 g/mol. The van der Waals surface area contributed by atoms with Gasteiger partial charge in [-0.3, -0.25) is 10.1 Å². The van der Waals surface area contributed by atoms with Crippen molar-refractivity contribution in [2.24, 2.45) is 0 Å². The summed E-state index contributed by atoms with van der Waals surface area (Å²) in [6.07, 6.45) is 0. The molecule has 76 valence electrons. The Kier molecular flexibility index (Phi) is 2.74. The molecule has 5 nitrogen and oxygen atoms in total. The second-order valence-corrected chi connectivity index (χ2v) is 3.99. The summed E-state index contributed by atoms with van der Waals surface area (Å²) in [5.41, 5.74) is 1.36.